The smallest absolute Gasteiger partial charge is 0.128 e. The van der Waals surface area contributed by atoms with Gasteiger partial charge in [0.25, 0.3) is 0 Å². The van der Waals surface area contributed by atoms with Crippen LogP contribution in [-0.2, 0) is 0 Å². The molecule has 0 fully saturated rings. The van der Waals surface area contributed by atoms with Gasteiger partial charge in [-0.05, 0) is 36.5 Å². The van der Waals surface area contributed by atoms with Crippen LogP contribution < -0.4 is 5.32 Å². The second-order valence-electron chi connectivity index (χ2n) is 4.44. The second-order valence-corrected chi connectivity index (χ2v) is 4.44. The van der Waals surface area contributed by atoms with Gasteiger partial charge in [0.05, 0.1) is 0 Å². The Morgan fingerprint density at radius 2 is 2.18 bits per heavy atom. The van der Waals surface area contributed by atoms with Crippen LogP contribution in [0.15, 0.2) is 6.07 Å². The van der Waals surface area contributed by atoms with Gasteiger partial charge in [0.2, 0.25) is 0 Å². The minimum absolute atomic E-state index is 0.250. The third-order valence-electron chi connectivity index (χ3n) is 3.24. The number of halogens is 1. The van der Waals surface area contributed by atoms with E-state index in [2.05, 4.69) is 19.2 Å². The molecule has 0 spiro atoms. The lowest BCUT2D eigenvalue weighted by Gasteiger charge is -2.20. The van der Waals surface area contributed by atoms with Crippen molar-refractivity contribution in [2.75, 3.05) is 12.4 Å². The Kier molecular flexibility index (Phi) is 4.67. The van der Waals surface area contributed by atoms with E-state index in [0.717, 1.165) is 29.7 Å². The highest BCUT2D eigenvalue weighted by Gasteiger charge is 2.18. The topological polar surface area (TPSA) is 35.9 Å². The summed E-state index contributed by atoms with van der Waals surface area (Å²) in [7, 11) is 1.79. The van der Waals surface area contributed by atoms with Gasteiger partial charge in [0.15, 0.2) is 0 Å². The first kappa shape index (κ1) is 13.7. The molecule has 94 valence electrons. The molecule has 2 nitrogen and oxygen atoms in total. The third-order valence-corrected chi connectivity index (χ3v) is 3.24. The normalized spacial score (nSPS) is 12.3. The number of nitrogens with one attached hydrogen (secondary N) is 2. The van der Waals surface area contributed by atoms with Crippen LogP contribution in [0.2, 0.25) is 0 Å². The molecule has 0 radical (unpaired) electrons. The van der Waals surface area contributed by atoms with Crippen LogP contribution in [0.3, 0.4) is 0 Å². The summed E-state index contributed by atoms with van der Waals surface area (Å²) in [6, 6.07) is 1.53. The fourth-order valence-electron chi connectivity index (χ4n) is 2.29. The lowest BCUT2D eigenvalue weighted by molar-refractivity contribution is 0.613. The molecule has 1 atom stereocenters. The van der Waals surface area contributed by atoms with Gasteiger partial charge >= 0.3 is 0 Å². The molecule has 0 aliphatic heterocycles. The van der Waals surface area contributed by atoms with Crippen LogP contribution >= 0.6 is 0 Å². The van der Waals surface area contributed by atoms with Gasteiger partial charge in [0.1, 0.15) is 5.82 Å². The van der Waals surface area contributed by atoms with Gasteiger partial charge in [0, 0.05) is 24.5 Å². The highest BCUT2D eigenvalue weighted by atomic mass is 19.1. The van der Waals surface area contributed by atoms with E-state index >= 15 is 0 Å². The summed E-state index contributed by atoms with van der Waals surface area (Å²) in [6.45, 7) is 6.00. The van der Waals surface area contributed by atoms with Crippen LogP contribution in [0.4, 0.5) is 10.1 Å². The molecular weight excluding hydrogens is 215 g/mol. The number of rotatable bonds is 5. The predicted octanol–water partition coefficient (Wildman–Crippen LogP) is 4.08. The van der Waals surface area contributed by atoms with E-state index < -0.39 is 0 Å². The molecule has 0 aliphatic carbocycles. The van der Waals surface area contributed by atoms with Crippen molar-refractivity contribution >= 4 is 11.9 Å². The van der Waals surface area contributed by atoms with Gasteiger partial charge < -0.3 is 10.7 Å². The Bertz CT molecular complexity index is 413. The Hall–Kier alpha value is -1.38. The average Bonchev–Trinajstić information content (AvgIpc) is 2.31. The Morgan fingerprint density at radius 1 is 1.53 bits per heavy atom. The van der Waals surface area contributed by atoms with Crippen molar-refractivity contribution in [1.29, 1.82) is 5.41 Å². The van der Waals surface area contributed by atoms with Gasteiger partial charge in [-0.15, -0.1) is 0 Å². The summed E-state index contributed by atoms with van der Waals surface area (Å²) in [6.07, 6.45) is 3.39. The fraction of sp³-hybridized carbons (Fsp3) is 0.500. The lowest BCUT2D eigenvalue weighted by atomic mass is 9.88. The summed E-state index contributed by atoms with van der Waals surface area (Å²) in [5.41, 5.74) is 3.14. The maximum atomic E-state index is 13.7. The maximum Gasteiger partial charge on any atom is 0.128 e. The van der Waals surface area contributed by atoms with Crippen molar-refractivity contribution < 1.29 is 4.39 Å². The largest absolute Gasteiger partial charge is 0.388 e. The van der Waals surface area contributed by atoms with E-state index in [1.807, 2.05) is 0 Å². The number of anilines is 1. The summed E-state index contributed by atoms with van der Waals surface area (Å²) < 4.78 is 13.7. The van der Waals surface area contributed by atoms with E-state index in [-0.39, 0.29) is 5.82 Å². The van der Waals surface area contributed by atoms with Gasteiger partial charge in [-0.2, -0.15) is 0 Å². The average molecular weight is 236 g/mol. The minimum Gasteiger partial charge on any atom is -0.388 e. The molecule has 1 aromatic rings. The zero-order valence-corrected chi connectivity index (χ0v) is 11.0. The number of benzene rings is 1. The first-order chi connectivity index (χ1) is 8.06. The summed E-state index contributed by atoms with van der Waals surface area (Å²) in [5.74, 6) is 0.0821. The van der Waals surface area contributed by atoms with Crippen molar-refractivity contribution in [3.8, 4) is 0 Å². The molecule has 0 saturated heterocycles. The molecule has 0 bridgehead atoms. The third kappa shape index (κ3) is 2.65. The molecule has 1 rings (SSSR count). The zero-order valence-electron chi connectivity index (χ0n) is 11.0. The molecule has 2 N–H and O–H groups in total. The molecule has 0 aromatic heterocycles. The number of hydrogen-bond donors (Lipinski definition) is 2. The van der Waals surface area contributed by atoms with Crippen molar-refractivity contribution in [2.45, 2.75) is 39.5 Å². The quantitative estimate of drug-likeness (QED) is 0.742. The molecule has 0 aliphatic rings. The summed E-state index contributed by atoms with van der Waals surface area (Å²) in [5, 5.41) is 10.5. The van der Waals surface area contributed by atoms with Crippen LogP contribution in [-0.4, -0.2) is 13.3 Å². The zero-order chi connectivity index (χ0) is 13.0. The molecule has 0 heterocycles. The van der Waals surface area contributed by atoms with Gasteiger partial charge in [-0.3, -0.25) is 0 Å². The predicted molar refractivity (Wildman–Crippen MR) is 71.9 cm³/mol. The summed E-state index contributed by atoms with van der Waals surface area (Å²) in [4.78, 5) is 0. The minimum atomic E-state index is -0.250. The SMILES string of the molecule is CCCC(C)c1c(NC)cc(F)c(C)c1C=N. The summed E-state index contributed by atoms with van der Waals surface area (Å²) >= 11 is 0. The van der Waals surface area contributed by atoms with Gasteiger partial charge in [-0.25, -0.2) is 4.39 Å². The lowest BCUT2D eigenvalue weighted by Crippen LogP contribution is -2.08. The van der Waals surface area contributed by atoms with E-state index in [4.69, 9.17) is 5.41 Å². The molecular formula is C14H21FN2. The van der Waals surface area contributed by atoms with Crippen LogP contribution in [0.5, 0.6) is 0 Å². The number of hydrogen-bond acceptors (Lipinski definition) is 2. The first-order valence-electron chi connectivity index (χ1n) is 6.08. The molecule has 0 saturated carbocycles. The molecule has 3 heteroatoms. The monoisotopic (exact) mass is 236 g/mol. The Balaban J connectivity index is 3.42. The van der Waals surface area contributed by atoms with Crippen molar-refractivity contribution in [2.24, 2.45) is 0 Å². The van der Waals surface area contributed by atoms with Crippen LogP contribution in [0.1, 0.15) is 49.3 Å². The van der Waals surface area contributed by atoms with E-state index in [1.54, 1.807) is 14.0 Å². The van der Waals surface area contributed by atoms with Crippen LogP contribution in [0.25, 0.3) is 0 Å². The Morgan fingerprint density at radius 3 is 2.65 bits per heavy atom. The highest BCUT2D eigenvalue weighted by Crippen LogP contribution is 2.33. The van der Waals surface area contributed by atoms with Crippen molar-refractivity contribution in [1.82, 2.24) is 0 Å². The van der Waals surface area contributed by atoms with Crippen molar-refractivity contribution in [3.63, 3.8) is 0 Å². The van der Waals surface area contributed by atoms with E-state index in [1.165, 1.54) is 12.3 Å². The molecule has 0 amide bonds. The molecule has 1 unspecified atom stereocenters. The molecule has 1 aromatic carbocycles. The molecule has 17 heavy (non-hydrogen) atoms. The van der Waals surface area contributed by atoms with E-state index in [0.29, 0.717) is 11.5 Å². The van der Waals surface area contributed by atoms with E-state index in [9.17, 15) is 4.39 Å². The first-order valence-corrected chi connectivity index (χ1v) is 6.08. The van der Waals surface area contributed by atoms with Crippen molar-refractivity contribution in [3.05, 3.63) is 28.6 Å². The maximum absolute atomic E-state index is 13.7. The standard InChI is InChI=1S/C14H21FN2/c1-5-6-9(2)14-11(8-16)10(3)12(15)7-13(14)17-4/h7-9,16-17H,5-6H2,1-4H3. The second kappa shape index (κ2) is 5.80. The van der Waals surface area contributed by atoms with Crippen LogP contribution in [0, 0.1) is 18.2 Å². The highest BCUT2D eigenvalue weighted by molar-refractivity contribution is 5.85. The Labute approximate surface area is 103 Å². The fourth-order valence-corrected chi connectivity index (χ4v) is 2.29. The van der Waals surface area contributed by atoms with Gasteiger partial charge in [-0.1, -0.05) is 20.3 Å².